The summed E-state index contributed by atoms with van der Waals surface area (Å²) >= 11 is 0. The monoisotopic (exact) mass is 437 g/mol. The fourth-order valence-electron chi connectivity index (χ4n) is 4.85. The third-order valence-corrected chi connectivity index (χ3v) is 6.72. The van der Waals surface area contributed by atoms with Gasteiger partial charge in [-0.2, -0.15) is 0 Å². The van der Waals surface area contributed by atoms with Gasteiger partial charge in [-0.25, -0.2) is 0 Å². The minimum Gasteiger partial charge on any atom is -0.459 e. The number of amides is 2. The number of carbonyl (C=O) groups excluding carboxylic acids is 2. The minimum absolute atomic E-state index is 0.0610. The molecule has 0 bridgehead atoms. The summed E-state index contributed by atoms with van der Waals surface area (Å²) in [7, 11) is 0. The van der Waals surface area contributed by atoms with Gasteiger partial charge in [-0.1, -0.05) is 25.0 Å². The number of hydrogen-bond donors (Lipinski definition) is 1. The molecule has 1 atom stereocenters. The van der Waals surface area contributed by atoms with Gasteiger partial charge < -0.3 is 24.3 Å². The lowest BCUT2D eigenvalue weighted by Crippen LogP contribution is -2.47. The largest absolute Gasteiger partial charge is 0.459 e. The minimum atomic E-state index is -0.667. The number of benzene rings is 1. The van der Waals surface area contributed by atoms with Crippen molar-refractivity contribution in [1.29, 1.82) is 0 Å². The average molecular weight is 438 g/mol. The summed E-state index contributed by atoms with van der Waals surface area (Å²) in [5.41, 5.74) is 1.95. The lowest BCUT2D eigenvalue weighted by atomic mass is 10.0. The highest BCUT2D eigenvalue weighted by Gasteiger charge is 2.43. The van der Waals surface area contributed by atoms with E-state index in [4.69, 9.17) is 9.15 Å². The second kappa shape index (κ2) is 9.36. The summed E-state index contributed by atoms with van der Waals surface area (Å²) in [5, 5.41) is 3.23. The van der Waals surface area contributed by atoms with Gasteiger partial charge in [0, 0.05) is 30.9 Å². The highest BCUT2D eigenvalue weighted by atomic mass is 16.5. The normalized spacial score (nSPS) is 20.2. The SMILES string of the molecule is O=C(NC1CCCC1)C(c1ccc(N2CCOCC2)cc1)N(C(=O)c1ccco1)C1CC1. The van der Waals surface area contributed by atoms with Crippen LogP contribution in [-0.4, -0.2) is 55.1 Å². The van der Waals surface area contributed by atoms with Crippen LogP contribution in [0.15, 0.2) is 47.1 Å². The van der Waals surface area contributed by atoms with Crippen LogP contribution in [0.25, 0.3) is 0 Å². The average Bonchev–Trinajstić information content (AvgIpc) is 3.26. The van der Waals surface area contributed by atoms with Crippen molar-refractivity contribution in [3.8, 4) is 0 Å². The van der Waals surface area contributed by atoms with Crippen LogP contribution in [-0.2, 0) is 9.53 Å². The molecule has 1 aromatic carbocycles. The Morgan fingerprint density at radius 2 is 1.72 bits per heavy atom. The molecule has 2 amide bonds. The van der Waals surface area contributed by atoms with Crippen LogP contribution < -0.4 is 10.2 Å². The van der Waals surface area contributed by atoms with E-state index < -0.39 is 6.04 Å². The molecule has 2 saturated carbocycles. The lowest BCUT2D eigenvalue weighted by Gasteiger charge is -2.33. The summed E-state index contributed by atoms with van der Waals surface area (Å²) in [5.74, 6) is -0.0374. The van der Waals surface area contributed by atoms with Crippen molar-refractivity contribution in [1.82, 2.24) is 10.2 Å². The van der Waals surface area contributed by atoms with E-state index in [1.807, 2.05) is 12.1 Å². The smallest absolute Gasteiger partial charge is 0.290 e. The van der Waals surface area contributed by atoms with E-state index in [1.54, 1.807) is 17.0 Å². The van der Waals surface area contributed by atoms with Gasteiger partial charge in [0.15, 0.2) is 5.76 Å². The molecule has 7 nitrogen and oxygen atoms in total. The quantitative estimate of drug-likeness (QED) is 0.717. The van der Waals surface area contributed by atoms with Gasteiger partial charge in [-0.05, 0) is 55.5 Å². The molecule has 2 heterocycles. The number of hydrogen-bond acceptors (Lipinski definition) is 5. The van der Waals surface area contributed by atoms with Crippen molar-refractivity contribution in [2.24, 2.45) is 0 Å². The number of nitrogens with one attached hydrogen (secondary N) is 1. The number of nitrogens with zero attached hydrogens (tertiary/aromatic N) is 2. The van der Waals surface area contributed by atoms with Crippen LogP contribution in [0, 0.1) is 0 Å². The third kappa shape index (κ3) is 4.53. The molecular weight excluding hydrogens is 406 g/mol. The highest BCUT2D eigenvalue weighted by molar-refractivity contribution is 5.96. The second-order valence-electron chi connectivity index (χ2n) is 9.00. The van der Waals surface area contributed by atoms with Crippen LogP contribution in [0.4, 0.5) is 5.69 Å². The molecule has 1 unspecified atom stereocenters. The molecule has 2 aliphatic carbocycles. The van der Waals surface area contributed by atoms with Gasteiger partial charge in [-0.3, -0.25) is 9.59 Å². The first-order valence-electron chi connectivity index (χ1n) is 11.8. The van der Waals surface area contributed by atoms with Gasteiger partial charge in [0.2, 0.25) is 5.91 Å². The van der Waals surface area contributed by atoms with Crippen molar-refractivity contribution >= 4 is 17.5 Å². The van der Waals surface area contributed by atoms with Crippen LogP contribution in [0.2, 0.25) is 0 Å². The Balaban J connectivity index is 1.44. The summed E-state index contributed by atoms with van der Waals surface area (Å²) in [6.07, 6.45) is 7.61. The second-order valence-corrected chi connectivity index (χ2v) is 9.00. The van der Waals surface area contributed by atoms with E-state index in [2.05, 4.69) is 22.3 Å². The zero-order valence-corrected chi connectivity index (χ0v) is 18.4. The fourth-order valence-corrected chi connectivity index (χ4v) is 4.85. The van der Waals surface area contributed by atoms with Crippen LogP contribution in [0.5, 0.6) is 0 Å². The molecule has 0 spiro atoms. The van der Waals surface area contributed by atoms with E-state index in [9.17, 15) is 9.59 Å². The summed E-state index contributed by atoms with van der Waals surface area (Å²) in [6, 6.07) is 11.1. The number of ether oxygens (including phenoxy) is 1. The first kappa shape index (κ1) is 21.1. The number of furan rings is 1. The first-order chi connectivity index (χ1) is 15.7. The molecule has 3 aliphatic rings. The number of anilines is 1. The summed E-state index contributed by atoms with van der Waals surface area (Å²) < 4.78 is 10.9. The Morgan fingerprint density at radius 1 is 1.00 bits per heavy atom. The Morgan fingerprint density at radius 3 is 2.34 bits per heavy atom. The van der Waals surface area contributed by atoms with E-state index in [-0.39, 0.29) is 29.7 Å². The van der Waals surface area contributed by atoms with Gasteiger partial charge in [0.05, 0.1) is 19.5 Å². The molecule has 2 aromatic rings. The van der Waals surface area contributed by atoms with Crippen LogP contribution in [0.3, 0.4) is 0 Å². The molecule has 1 aliphatic heterocycles. The molecule has 3 fully saturated rings. The van der Waals surface area contributed by atoms with E-state index >= 15 is 0 Å². The molecule has 32 heavy (non-hydrogen) atoms. The highest BCUT2D eigenvalue weighted by Crippen LogP contribution is 2.37. The van der Waals surface area contributed by atoms with Crippen molar-refractivity contribution in [2.75, 3.05) is 31.2 Å². The molecule has 1 saturated heterocycles. The topological polar surface area (TPSA) is 75.0 Å². The van der Waals surface area contributed by atoms with Crippen molar-refractivity contribution in [3.05, 3.63) is 54.0 Å². The fraction of sp³-hybridized carbons (Fsp3) is 0.520. The molecule has 5 rings (SSSR count). The molecule has 0 radical (unpaired) electrons. The molecular formula is C25H31N3O4. The van der Waals surface area contributed by atoms with E-state index in [0.29, 0.717) is 0 Å². The lowest BCUT2D eigenvalue weighted by molar-refractivity contribution is -0.126. The maximum atomic E-state index is 13.6. The van der Waals surface area contributed by atoms with Crippen LogP contribution in [0.1, 0.15) is 60.7 Å². The number of carbonyl (C=O) groups is 2. The van der Waals surface area contributed by atoms with Gasteiger partial charge in [0.25, 0.3) is 5.91 Å². The van der Waals surface area contributed by atoms with E-state index in [1.165, 1.54) is 6.26 Å². The van der Waals surface area contributed by atoms with Gasteiger partial charge in [-0.15, -0.1) is 0 Å². The zero-order chi connectivity index (χ0) is 21.9. The molecule has 1 aromatic heterocycles. The first-order valence-corrected chi connectivity index (χ1v) is 11.8. The van der Waals surface area contributed by atoms with Gasteiger partial charge >= 0.3 is 0 Å². The predicted octanol–water partition coefficient (Wildman–Crippen LogP) is 3.52. The van der Waals surface area contributed by atoms with E-state index in [0.717, 1.165) is 76.1 Å². The third-order valence-electron chi connectivity index (χ3n) is 6.72. The standard InChI is InChI=1S/C25H31N3O4/c29-24(26-19-4-1-2-5-19)23(28(21-11-12-21)25(30)22-6-3-15-32-22)18-7-9-20(10-8-18)27-13-16-31-17-14-27/h3,6-10,15,19,21,23H,1-2,4-5,11-14,16-17H2,(H,26,29). The Hall–Kier alpha value is -2.80. The Bertz CT molecular complexity index is 911. The van der Waals surface area contributed by atoms with Crippen molar-refractivity contribution < 1.29 is 18.7 Å². The maximum absolute atomic E-state index is 13.6. The number of morpholine rings is 1. The van der Waals surface area contributed by atoms with Crippen LogP contribution >= 0.6 is 0 Å². The van der Waals surface area contributed by atoms with Crippen molar-refractivity contribution in [3.63, 3.8) is 0 Å². The summed E-state index contributed by atoms with van der Waals surface area (Å²) in [6.45, 7) is 3.16. The zero-order valence-electron chi connectivity index (χ0n) is 18.4. The van der Waals surface area contributed by atoms with Crippen molar-refractivity contribution in [2.45, 2.75) is 56.7 Å². The molecule has 170 valence electrons. The number of rotatable bonds is 7. The Kier molecular flexibility index (Phi) is 6.17. The molecule has 1 N–H and O–H groups in total. The predicted molar refractivity (Wildman–Crippen MR) is 121 cm³/mol. The molecule has 7 heteroatoms. The van der Waals surface area contributed by atoms with Gasteiger partial charge in [0.1, 0.15) is 6.04 Å². The Labute approximate surface area is 188 Å². The maximum Gasteiger partial charge on any atom is 0.290 e. The summed E-state index contributed by atoms with van der Waals surface area (Å²) in [4.78, 5) is 31.0.